The smallest absolute Gasteiger partial charge is 0.335 e. The number of hydrogen-bond donors (Lipinski definition) is 2. The number of benzene rings is 1. The number of hydrogen-bond acceptors (Lipinski definition) is 2. The SMILES string of the molecule is CCC(N)Cc1ccccc1C(=O)O.Cl. The highest BCUT2D eigenvalue weighted by Crippen LogP contribution is 2.11. The molecule has 84 valence electrons. The molecule has 0 saturated heterocycles. The molecule has 0 aliphatic heterocycles. The number of carboxylic acids is 1. The minimum atomic E-state index is -0.885. The summed E-state index contributed by atoms with van der Waals surface area (Å²) in [4.78, 5) is 10.9. The molecule has 15 heavy (non-hydrogen) atoms. The van der Waals surface area contributed by atoms with E-state index < -0.39 is 5.97 Å². The van der Waals surface area contributed by atoms with E-state index in [0.717, 1.165) is 12.0 Å². The van der Waals surface area contributed by atoms with Crippen molar-refractivity contribution < 1.29 is 9.90 Å². The van der Waals surface area contributed by atoms with Crippen LogP contribution in [0.15, 0.2) is 24.3 Å². The lowest BCUT2D eigenvalue weighted by Crippen LogP contribution is -2.22. The number of rotatable bonds is 4. The van der Waals surface area contributed by atoms with E-state index in [0.29, 0.717) is 12.0 Å². The lowest BCUT2D eigenvalue weighted by Gasteiger charge is -2.10. The number of aromatic carboxylic acids is 1. The highest BCUT2D eigenvalue weighted by molar-refractivity contribution is 5.89. The first kappa shape index (κ1) is 13.9. The predicted molar refractivity (Wildman–Crippen MR) is 62.6 cm³/mol. The second-order valence-electron chi connectivity index (χ2n) is 3.33. The molecule has 4 heteroatoms. The van der Waals surface area contributed by atoms with Crippen molar-refractivity contribution in [2.24, 2.45) is 5.73 Å². The van der Waals surface area contributed by atoms with E-state index in [1.165, 1.54) is 0 Å². The normalized spacial score (nSPS) is 11.6. The van der Waals surface area contributed by atoms with Crippen LogP contribution in [0.25, 0.3) is 0 Å². The third kappa shape index (κ3) is 3.90. The Morgan fingerprint density at radius 3 is 2.60 bits per heavy atom. The molecule has 3 N–H and O–H groups in total. The molecule has 0 heterocycles. The number of carboxylic acid groups (broad SMARTS) is 1. The van der Waals surface area contributed by atoms with Crippen LogP contribution in [0.3, 0.4) is 0 Å². The lowest BCUT2D eigenvalue weighted by molar-refractivity contribution is 0.0695. The Morgan fingerprint density at radius 2 is 2.07 bits per heavy atom. The van der Waals surface area contributed by atoms with E-state index in [1.54, 1.807) is 12.1 Å². The molecular weight excluding hydrogens is 214 g/mol. The number of carbonyl (C=O) groups is 1. The highest BCUT2D eigenvalue weighted by atomic mass is 35.5. The topological polar surface area (TPSA) is 63.3 Å². The monoisotopic (exact) mass is 229 g/mol. The van der Waals surface area contributed by atoms with Gasteiger partial charge >= 0.3 is 5.97 Å². The maximum atomic E-state index is 10.9. The molecule has 0 amide bonds. The maximum absolute atomic E-state index is 10.9. The Labute approximate surface area is 95.7 Å². The van der Waals surface area contributed by atoms with Gasteiger partial charge in [0.25, 0.3) is 0 Å². The summed E-state index contributed by atoms with van der Waals surface area (Å²) in [6, 6.07) is 7.03. The summed E-state index contributed by atoms with van der Waals surface area (Å²) in [7, 11) is 0. The lowest BCUT2D eigenvalue weighted by atomic mass is 9.99. The fourth-order valence-corrected chi connectivity index (χ4v) is 1.33. The van der Waals surface area contributed by atoms with Crippen LogP contribution in [0.4, 0.5) is 0 Å². The van der Waals surface area contributed by atoms with Gasteiger partial charge in [-0.3, -0.25) is 0 Å². The summed E-state index contributed by atoms with van der Waals surface area (Å²) in [6.45, 7) is 1.99. The largest absolute Gasteiger partial charge is 0.478 e. The summed E-state index contributed by atoms with van der Waals surface area (Å²) in [5.41, 5.74) is 6.95. The number of halogens is 1. The van der Waals surface area contributed by atoms with E-state index in [1.807, 2.05) is 19.1 Å². The first-order valence-electron chi connectivity index (χ1n) is 4.72. The zero-order valence-corrected chi connectivity index (χ0v) is 9.46. The van der Waals surface area contributed by atoms with E-state index in [9.17, 15) is 4.79 Å². The third-order valence-electron chi connectivity index (χ3n) is 2.25. The Hall–Kier alpha value is -1.06. The van der Waals surface area contributed by atoms with Gasteiger partial charge in [0.2, 0.25) is 0 Å². The summed E-state index contributed by atoms with van der Waals surface area (Å²) < 4.78 is 0. The Balaban J connectivity index is 0.00000196. The molecule has 0 spiro atoms. The van der Waals surface area contributed by atoms with Crippen LogP contribution < -0.4 is 5.73 Å². The Morgan fingerprint density at radius 1 is 1.47 bits per heavy atom. The zero-order valence-electron chi connectivity index (χ0n) is 8.64. The molecule has 1 atom stereocenters. The van der Waals surface area contributed by atoms with Crippen molar-refractivity contribution >= 4 is 18.4 Å². The van der Waals surface area contributed by atoms with Gasteiger partial charge in [-0.25, -0.2) is 4.79 Å². The molecule has 3 nitrogen and oxygen atoms in total. The fourth-order valence-electron chi connectivity index (χ4n) is 1.33. The van der Waals surface area contributed by atoms with Crippen molar-refractivity contribution in [2.75, 3.05) is 0 Å². The first-order valence-corrected chi connectivity index (χ1v) is 4.72. The maximum Gasteiger partial charge on any atom is 0.335 e. The van der Waals surface area contributed by atoms with Crippen LogP contribution >= 0.6 is 12.4 Å². The van der Waals surface area contributed by atoms with E-state index in [4.69, 9.17) is 10.8 Å². The first-order chi connectivity index (χ1) is 6.65. The van der Waals surface area contributed by atoms with E-state index in [-0.39, 0.29) is 18.4 Å². The summed E-state index contributed by atoms with van der Waals surface area (Å²) in [6.07, 6.45) is 1.48. The second-order valence-corrected chi connectivity index (χ2v) is 3.33. The zero-order chi connectivity index (χ0) is 10.6. The van der Waals surface area contributed by atoms with Crippen molar-refractivity contribution in [1.29, 1.82) is 0 Å². The molecule has 1 aromatic rings. The molecule has 1 rings (SSSR count). The predicted octanol–water partition coefficient (Wildman–Crippen LogP) is 2.09. The molecular formula is C11H16ClNO2. The van der Waals surface area contributed by atoms with Crippen LogP contribution in [-0.2, 0) is 6.42 Å². The van der Waals surface area contributed by atoms with Gasteiger partial charge < -0.3 is 10.8 Å². The highest BCUT2D eigenvalue weighted by Gasteiger charge is 2.10. The van der Waals surface area contributed by atoms with Crippen molar-refractivity contribution in [1.82, 2.24) is 0 Å². The van der Waals surface area contributed by atoms with Crippen molar-refractivity contribution in [3.05, 3.63) is 35.4 Å². The van der Waals surface area contributed by atoms with Crippen LogP contribution in [-0.4, -0.2) is 17.1 Å². The molecule has 0 saturated carbocycles. The van der Waals surface area contributed by atoms with Gasteiger partial charge in [-0.15, -0.1) is 12.4 Å². The van der Waals surface area contributed by atoms with Gasteiger partial charge in [0.1, 0.15) is 0 Å². The molecule has 0 aliphatic rings. The second kappa shape index (κ2) is 6.43. The van der Waals surface area contributed by atoms with Crippen molar-refractivity contribution in [2.45, 2.75) is 25.8 Å². The summed E-state index contributed by atoms with van der Waals surface area (Å²) in [5, 5.41) is 8.91. The molecule has 0 aromatic heterocycles. The fraction of sp³-hybridized carbons (Fsp3) is 0.364. The Kier molecular flexibility index (Phi) is 5.97. The summed E-state index contributed by atoms with van der Waals surface area (Å²) in [5.74, 6) is -0.885. The van der Waals surface area contributed by atoms with Crippen molar-refractivity contribution in [3.63, 3.8) is 0 Å². The molecule has 1 unspecified atom stereocenters. The van der Waals surface area contributed by atoms with Crippen LogP contribution in [0.2, 0.25) is 0 Å². The van der Waals surface area contributed by atoms with Gasteiger partial charge in [0.15, 0.2) is 0 Å². The molecule has 0 aliphatic carbocycles. The number of nitrogens with two attached hydrogens (primary N) is 1. The molecule has 0 fully saturated rings. The van der Waals surface area contributed by atoms with Crippen molar-refractivity contribution in [3.8, 4) is 0 Å². The van der Waals surface area contributed by atoms with Gasteiger partial charge in [-0.05, 0) is 24.5 Å². The van der Waals surface area contributed by atoms with Crippen LogP contribution in [0, 0.1) is 0 Å². The van der Waals surface area contributed by atoms with Gasteiger partial charge in [0, 0.05) is 6.04 Å². The van der Waals surface area contributed by atoms with Gasteiger partial charge in [-0.1, -0.05) is 25.1 Å². The third-order valence-corrected chi connectivity index (χ3v) is 2.25. The standard InChI is InChI=1S/C11H15NO2.ClH/c1-2-9(12)7-8-5-3-4-6-10(8)11(13)14;/h3-6,9H,2,7,12H2,1H3,(H,13,14);1H. The van der Waals surface area contributed by atoms with Crippen LogP contribution in [0.1, 0.15) is 29.3 Å². The van der Waals surface area contributed by atoms with E-state index >= 15 is 0 Å². The van der Waals surface area contributed by atoms with Gasteiger partial charge in [0.05, 0.1) is 5.56 Å². The molecule has 0 radical (unpaired) electrons. The van der Waals surface area contributed by atoms with E-state index in [2.05, 4.69) is 0 Å². The molecule has 1 aromatic carbocycles. The minimum absolute atomic E-state index is 0. The molecule has 0 bridgehead atoms. The average molecular weight is 230 g/mol. The summed E-state index contributed by atoms with van der Waals surface area (Å²) >= 11 is 0. The van der Waals surface area contributed by atoms with Crippen LogP contribution in [0.5, 0.6) is 0 Å². The Bertz CT molecular complexity index is 328. The van der Waals surface area contributed by atoms with Gasteiger partial charge in [-0.2, -0.15) is 0 Å². The quantitative estimate of drug-likeness (QED) is 0.831. The average Bonchev–Trinajstić information content (AvgIpc) is 2.18. The minimum Gasteiger partial charge on any atom is -0.478 e.